The van der Waals surface area contributed by atoms with Crippen LogP contribution in [0, 0.1) is 44.0 Å². The van der Waals surface area contributed by atoms with Gasteiger partial charge in [0.2, 0.25) is 12.2 Å². The molecule has 7 aliphatic rings. The summed E-state index contributed by atoms with van der Waals surface area (Å²) in [6.07, 6.45) is 19.7. The van der Waals surface area contributed by atoms with Crippen molar-refractivity contribution in [1.29, 1.82) is 5.26 Å². The van der Waals surface area contributed by atoms with Crippen LogP contribution in [-0.4, -0.2) is 309 Å². The van der Waals surface area contributed by atoms with E-state index >= 15 is 0 Å². The molecule has 1 aromatic rings. The zero-order chi connectivity index (χ0) is 105. The topological polar surface area (TPSA) is 516 Å². The number of unbranched alkanes of at least 4 members (excludes halogenated alkanes) is 2. The molecule has 138 heavy (non-hydrogen) atoms. The van der Waals surface area contributed by atoms with Gasteiger partial charge in [-0.3, -0.25) is 0 Å². The molecule has 3 saturated carbocycles. The number of hydrogen-bond acceptors (Lipinski definition) is 33. The summed E-state index contributed by atoms with van der Waals surface area (Å²) in [6.45, 7) is 55.7. The SMILES string of the molecule is CC1(C)CC(N=C=O)CC(C)(Cn2c(=O)n(CC3(C)CC(N=C=O)CC(C)(C)C3)c(=O)n(CC3(C)CC(OC#N)CC(C)(C)C3)c2=O)C1.CCCCC(C)(C)OC(C)(C)OC(C)(C)CCCOCCO.CCCCC(C)(C)OC(C)(C)OC(C)(C)CCCOCCOC(=O)NC.CNC(=O)OCC1CO1.CNC(=O)OCC1CO1.CNC(=O)OCCOC.COCCO.OCC1CO1.OCC1CO1. The van der Waals surface area contributed by atoms with E-state index in [1.54, 1.807) is 26.4 Å². The van der Waals surface area contributed by atoms with Crippen molar-refractivity contribution in [3.05, 3.63) is 31.5 Å². The summed E-state index contributed by atoms with van der Waals surface area (Å²) in [5.41, 5.74) is -5.31. The fourth-order valence-corrected chi connectivity index (χ4v) is 18.2. The quantitative estimate of drug-likeness (QED) is 0.00571. The van der Waals surface area contributed by atoms with Crippen LogP contribution in [0.5, 0.6) is 0 Å². The van der Waals surface area contributed by atoms with Gasteiger partial charge in [0.15, 0.2) is 11.6 Å². The van der Waals surface area contributed by atoms with Crippen LogP contribution in [0.1, 0.15) is 281 Å². The number of nitrogens with one attached hydrogen (secondary N) is 4. The highest BCUT2D eigenvalue weighted by Gasteiger charge is 2.48. The first kappa shape index (κ1) is 131. The molecule has 0 radical (unpaired) electrons. The molecule has 40 heteroatoms. The largest absolute Gasteiger partial charge is 0.447 e. The van der Waals surface area contributed by atoms with Crippen LogP contribution in [0.3, 0.4) is 0 Å². The highest BCUT2D eigenvalue weighted by atomic mass is 16.7. The summed E-state index contributed by atoms with van der Waals surface area (Å²) in [7, 11) is 9.19. The lowest BCUT2D eigenvalue weighted by Crippen LogP contribution is -2.59. The van der Waals surface area contributed by atoms with Gasteiger partial charge in [0.05, 0.1) is 114 Å². The Labute approximate surface area is 821 Å². The Bertz CT molecular complexity index is 3780. The first-order valence-electron chi connectivity index (χ1n) is 48.6. The maximum absolute atomic E-state index is 14.4. The van der Waals surface area contributed by atoms with Gasteiger partial charge in [0, 0.05) is 75.3 Å². The summed E-state index contributed by atoms with van der Waals surface area (Å²) in [4.78, 5) is 116. The van der Waals surface area contributed by atoms with Crippen molar-refractivity contribution in [1.82, 2.24) is 35.0 Å². The number of carbonyl (C=O) groups is 4. The van der Waals surface area contributed by atoms with Gasteiger partial charge in [0.1, 0.15) is 56.9 Å². The van der Waals surface area contributed by atoms with E-state index in [9.17, 15) is 48.4 Å². The Morgan fingerprint density at radius 2 is 0.717 bits per heavy atom. The predicted molar refractivity (Wildman–Crippen MR) is 521 cm³/mol. The molecule has 804 valence electrons. The Balaban J connectivity index is 0.00000175. The second kappa shape index (κ2) is 65.2. The molecule has 1 aromatic heterocycles. The van der Waals surface area contributed by atoms with Crippen LogP contribution in [0.15, 0.2) is 24.4 Å². The second-order valence-electron chi connectivity index (χ2n) is 42.8. The standard InChI is InChI=1S/C36H54N6O6.C20H41NO5.C18H38O4.2C5H9NO3.C5H11NO3.2C3H6O2.C3H8O2/c1-31(2)10-25(38-23-43)12-34(7,16-31)19-40-28(45)41(20-35(8)13-26(39-24-44)11-32(3,4)17-35)30(47)42(29(40)46)21-36(9)15-27(48-22-37)14-33(5,6)18-36;1-9-10-12-18(2,3)25-20(6,7)26-19(4,5)13-11-14-23-15-16-24-17(22)21-8;1-8-9-11-16(2,3)21-18(6,7)22-17(4,5)12-10-14-20-15-13-19;2*1-6-5(7)9-3-4-2-8-4;1-6-5(7)9-4-3-8-2;2*4-1-3-2-5-3;1-5-3-2-4/h25-27H,10-21H2,1-9H3;9-16H2,1-8H3,(H,21,22);19H,8-15H2,1-7H3;2*4H,2-3H2,1H3,(H,6,7);3-4H2,1-2H3,(H,6,7);2*3-4H,1-2H2;4H,2-3H2,1H3. The summed E-state index contributed by atoms with van der Waals surface area (Å²) in [6, 6.07) is -0.585. The molecule has 7 fully saturated rings. The molecular weight excluding hydrogens is 1800 g/mol. The van der Waals surface area contributed by atoms with E-state index in [1.165, 1.54) is 48.3 Å². The van der Waals surface area contributed by atoms with Crippen molar-refractivity contribution >= 4 is 36.5 Å². The minimum Gasteiger partial charge on any atom is -0.447 e. The number of aliphatic imine (C=N–C) groups is 2. The number of nitrogens with zero attached hydrogens (tertiary/aromatic N) is 6. The van der Waals surface area contributed by atoms with Crippen LogP contribution in [0.25, 0.3) is 0 Å². The second-order valence-corrected chi connectivity index (χ2v) is 42.8. The molecule has 10 unspecified atom stereocenters. The first-order valence-corrected chi connectivity index (χ1v) is 48.6. The number of aliphatic hydroxyl groups excluding tert-OH is 4. The number of alkyl carbamates (subject to hydrolysis) is 4. The Morgan fingerprint density at radius 1 is 0.420 bits per heavy atom. The predicted octanol–water partition coefficient (Wildman–Crippen LogP) is 11.9. The number of epoxide rings is 4. The molecule has 4 amide bonds. The zero-order valence-corrected chi connectivity index (χ0v) is 89.4. The van der Waals surface area contributed by atoms with Crippen LogP contribution in [0.4, 0.5) is 19.2 Å². The highest BCUT2D eigenvalue weighted by Crippen LogP contribution is 2.51. The highest BCUT2D eigenvalue weighted by molar-refractivity contribution is 5.67. The van der Waals surface area contributed by atoms with Gasteiger partial charge in [-0.25, -0.2) is 66.8 Å². The van der Waals surface area contributed by atoms with E-state index in [0.29, 0.717) is 117 Å². The average molecular weight is 1980 g/mol. The number of nitriles is 1. The lowest BCUT2D eigenvalue weighted by molar-refractivity contribution is -0.302. The van der Waals surface area contributed by atoms with Crippen molar-refractivity contribution in [3.8, 4) is 6.26 Å². The van der Waals surface area contributed by atoms with Crippen LogP contribution >= 0.6 is 0 Å². The van der Waals surface area contributed by atoms with Gasteiger partial charge in [-0.05, 0) is 212 Å². The normalized spacial score (nSPS) is 22.7. The maximum Gasteiger partial charge on any atom is 0.406 e. The van der Waals surface area contributed by atoms with Crippen molar-refractivity contribution in [2.75, 3.05) is 161 Å². The monoisotopic (exact) mass is 1980 g/mol. The molecule has 4 saturated heterocycles. The summed E-state index contributed by atoms with van der Waals surface area (Å²) in [5, 5.41) is 51.4. The van der Waals surface area contributed by atoms with Gasteiger partial charge < -0.3 is 122 Å². The molecule has 0 bridgehead atoms. The fourth-order valence-electron chi connectivity index (χ4n) is 18.2. The van der Waals surface area contributed by atoms with Crippen LogP contribution in [0.2, 0.25) is 0 Å². The van der Waals surface area contributed by atoms with Crippen molar-refractivity contribution in [2.24, 2.45) is 42.5 Å². The molecule has 5 heterocycles. The van der Waals surface area contributed by atoms with Gasteiger partial charge >= 0.3 is 41.4 Å². The lowest BCUT2D eigenvalue weighted by Gasteiger charge is -2.46. The molecule has 10 atom stereocenters. The molecule has 0 aromatic carbocycles. The number of carbonyl (C=O) groups excluding carboxylic acids is 6. The smallest absolute Gasteiger partial charge is 0.406 e. The summed E-state index contributed by atoms with van der Waals surface area (Å²) >= 11 is 0. The number of methoxy groups -OCH3 is 2. The summed E-state index contributed by atoms with van der Waals surface area (Å²) in [5.74, 6) is -1.27. The minimum atomic E-state index is -0.666. The van der Waals surface area contributed by atoms with Crippen molar-refractivity contribution in [3.63, 3.8) is 0 Å². The molecule has 3 aliphatic carbocycles. The third-order valence-electron chi connectivity index (χ3n) is 22.6. The number of aliphatic hydroxyl groups is 4. The van der Waals surface area contributed by atoms with Crippen LogP contribution in [-0.2, 0) is 110 Å². The Hall–Kier alpha value is -7.10. The fraction of sp³-hybridized carbons (Fsp3) is 0.898. The number of aromatic nitrogens is 3. The third kappa shape index (κ3) is 63.0. The molecule has 40 nitrogen and oxygen atoms in total. The van der Waals surface area contributed by atoms with Crippen molar-refractivity contribution in [2.45, 2.75) is 377 Å². The minimum absolute atomic E-state index is 0.0558. The van der Waals surface area contributed by atoms with Gasteiger partial charge in [-0.15, -0.1) is 0 Å². The third-order valence-corrected chi connectivity index (χ3v) is 22.6. The van der Waals surface area contributed by atoms with Crippen LogP contribution < -0.4 is 38.3 Å². The summed E-state index contributed by atoms with van der Waals surface area (Å²) < 4.78 is 91.4. The molecule has 4 aliphatic heterocycles. The first-order chi connectivity index (χ1) is 64.3. The number of isocyanates is 2. The van der Waals surface area contributed by atoms with E-state index in [-0.39, 0.29) is 134 Å². The van der Waals surface area contributed by atoms with E-state index < -0.39 is 69.3 Å². The van der Waals surface area contributed by atoms with E-state index in [2.05, 4.69) is 175 Å². The Morgan fingerprint density at radius 3 is 0.986 bits per heavy atom. The number of amides is 4. The molecule has 8 N–H and O–H groups in total. The van der Waals surface area contributed by atoms with Gasteiger partial charge in [0.25, 0.3) is 6.26 Å². The average Bonchev–Trinajstić information content (AvgIpc) is 1.72. The molecule has 0 spiro atoms. The van der Waals surface area contributed by atoms with E-state index in [1.807, 2.05) is 54.7 Å². The maximum atomic E-state index is 14.4. The number of ether oxygens (including phenoxy) is 17. The number of hydrogen-bond donors (Lipinski definition) is 8. The van der Waals surface area contributed by atoms with Crippen molar-refractivity contribution < 1.29 is 130 Å². The van der Waals surface area contributed by atoms with Gasteiger partial charge in [-0.2, -0.15) is 5.26 Å². The zero-order valence-electron chi connectivity index (χ0n) is 89.4. The molecular formula is C98H182N10O30. The number of rotatable bonds is 47. The molecule has 8 rings (SSSR count). The van der Waals surface area contributed by atoms with E-state index in [4.69, 9.17) is 67.8 Å². The van der Waals surface area contributed by atoms with Gasteiger partial charge in [-0.1, -0.05) is 102 Å². The van der Waals surface area contributed by atoms with E-state index in [0.717, 1.165) is 84.2 Å². The lowest BCUT2D eigenvalue weighted by atomic mass is 9.62. The Kier molecular flexibility index (Phi) is 61.9.